The topological polar surface area (TPSA) is 61.4 Å². The molecule has 0 spiro atoms. The quantitative estimate of drug-likeness (QED) is 0.144. The van der Waals surface area contributed by atoms with E-state index in [4.69, 9.17) is 15.0 Å². The summed E-state index contributed by atoms with van der Waals surface area (Å²) < 4.78 is 5.10. The summed E-state index contributed by atoms with van der Waals surface area (Å²) in [6.45, 7) is 14.0. The molecule has 6 aromatic heterocycles. The molecule has 6 heteroatoms. The fraction of sp³-hybridized carbons (Fsp3) is 0.100. The molecule has 0 N–H and O–H groups in total. The van der Waals surface area contributed by atoms with E-state index in [1.54, 1.807) is 0 Å². The summed E-state index contributed by atoms with van der Waals surface area (Å²) in [6.07, 6.45) is 11.7. The third kappa shape index (κ3) is 8.15. The van der Waals surface area contributed by atoms with Gasteiger partial charge in [0.1, 0.15) is 0 Å². The van der Waals surface area contributed by atoms with Crippen LogP contribution >= 0.6 is 0 Å². The summed E-state index contributed by atoms with van der Waals surface area (Å²) >= 11 is 0. The fourth-order valence-corrected chi connectivity index (χ4v) is 14.1. The van der Waals surface area contributed by atoms with E-state index in [9.17, 15) is 0 Å². The molecular weight excluding hydrogens is 1040 g/mol. The van der Waals surface area contributed by atoms with Gasteiger partial charge in [0.05, 0.1) is 33.9 Å². The highest BCUT2D eigenvalue weighted by Crippen LogP contribution is 2.53. The van der Waals surface area contributed by atoms with Crippen LogP contribution in [0.4, 0.5) is 0 Å². The van der Waals surface area contributed by atoms with Crippen molar-refractivity contribution in [1.29, 1.82) is 0 Å². The summed E-state index contributed by atoms with van der Waals surface area (Å²) in [5, 5.41) is 2.57. The Morgan fingerprint density at radius 3 is 1.21 bits per heavy atom. The highest BCUT2D eigenvalue weighted by atomic mass is 15.1. The zero-order valence-electron chi connectivity index (χ0n) is 48.9. The van der Waals surface area contributed by atoms with E-state index in [2.05, 4.69) is 262 Å². The summed E-state index contributed by atoms with van der Waals surface area (Å²) in [4.78, 5) is 19.0. The van der Waals surface area contributed by atoms with Gasteiger partial charge < -0.3 is 9.13 Å². The van der Waals surface area contributed by atoms with Crippen molar-refractivity contribution in [2.24, 2.45) is 0 Å². The highest BCUT2D eigenvalue weighted by molar-refractivity contribution is 5.99. The van der Waals surface area contributed by atoms with Gasteiger partial charge in [-0.25, -0.2) is 0 Å². The first kappa shape index (κ1) is 51.1. The van der Waals surface area contributed by atoms with Gasteiger partial charge in [-0.15, -0.1) is 0 Å². The SMILES string of the molecule is Cc1c2n(c3ccc(-c4ccc(-c5cncc(-c6cccc(-c7ccc(-c8ccc9c(c8)C(C)(C)n8c-9c(C)c9cc(-c%10ccc(-c%11ccccc%11)nc%10)ccc98)cn7)c6)c5)cc4)cc13)C(C)(C)c1cc(-c3ccc(-c4cccnc4)cc3)ccc1-2. The van der Waals surface area contributed by atoms with Crippen LogP contribution in [0.2, 0.25) is 0 Å². The van der Waals surface area contributed by atoms with Crippen LogP contribution in [0, 0.1) is 13.8 Å². The second-order valence-corrected chi connectivity index (χ2v) is 24.4. The minimum atomic E-state index is -0.257. The van der Waals surface area contributed by atoms with Crippen LogP contribution in [-0.4, -0.2) is 29.1 Å². The molecule has 8 heterocycles. The van der Waals surface area contributed by atoms with Crippen LogP contribution in [0.1, 0.15) is 49.9 Å². The van der Waals surface area contributed by atoms with Gasteiger partial charge in [0.25, 0.3) is 0 Å². The molecule has 0 amide bonds. The van der Waals surface area contributed by atoms with Crippen LogP contribution in [0.15, 0.2) is 256 Å². The minimum absolute atomic E-state index is 0.225. The normalized spacial score (nSPS) is 13.4. The Labute approximate surface area is 501 Å². The predicted molar refractivity (Wildman–Crippen MR) is 355 cm³/mol. The number of aryl methyl sites for hydroxylation is 2. The molecule has 0 fully saturated rings. The van der Waals surface area contributed by atoms with Crippen molar-refractivity contribution in [3.8, 4) is 123 Å². The lowest BCUT2D eigenvalue weighted by atomic mass is 9.88. The van der Waals surface area contributed by atoms with Gasteiger partial charge in [0, 0.05) is 103 Å². The van der Waals surface area contributed by atoms with E-state index in [1.165, 1.54) is 100.0 Å². The molecule has 0 bridgehead atoms. The third-order valence-corrected chi connectivity index (χ3v) is 18.7. The molecular formula is C80H60N6. The fourth-order valence-electron chi connectivity index (χ4n) is 14.1. The Kier molecular flexibility index (Phi) is 11.6. The lowest BCUT2D eigenvalue weighted by molar-refractivity contribution is 0.475. The largest absolute Gasteiger partial charge is 0.330 e. The standard InChI is InChI=1S/C80H60N6/c1-49-69-40-57(29-35-75(69)85-77(49)67-31-25-59(42-71(67)79(85,3)4)52-17-21-53(22-18-52)62-16-11-37-81-44-62)51-19-23-54(24-20-51)65-39-66(46-82-45-65)56-14-10-15-61(38-56)74-34-28-64(48-84-74)60-26-32-68-72(43-60)80(5,6)86-76-36-30-58(41-70(76)50(2)78(68)86)63-27-33-73(83-47-63)55-12-8-7-9-13-55/h7-48H,1-6H3. The van der Waals surface area contributed by atoms with Crippen LogP contribution in [-0.2, 0) is 11.1 Å². The number of nitrogens with zero attached hydrogens (tertiary/aromatic N) is 6. The number of fused-ring (bicyclic) bond motifs is 10. The van der Waals surface area contributed by atoms with Gasteiger partial charge in [-0.1, -0.05) is 152 Å². The van der Waals surface area contributed by atoms with E-state index in [1.807, 2.05) is 49.3 Å². The van der Waals surface area contributed by atoms with Gasteiger partial charge in [-0.3, -0.25) is 19.9 Å². The van der Waals surface area contributed by atoms with Crippen molar-refractivity contribution in [1.82, 2.24) is 29.1 Å². The maximum Gasteiger partial charge on any atom is 0.0702 e. The molecule has 8 aromatic carbocycles. The summed E-state index contributed by atoms with van der Waals surface area (Å²) in [6, 6.07) is 79.6. The van der Waals surface area contributed by atoms with E-state index in [0.717, 1.165) is 67.0 Å². The third-order valence-electron chi connectivity index (χ3n) is 18.7. The van der Waals surface area contributed by atoms with E-state index in [-0.39, 0.29) is 11.1 Å². The second-order valence-electron chi connectivity index (χ2n) is 24.4. The van der Waals surface area contributed by atoms with E-state index >= 15 is 0 Å². The van der Waals surface area contributed by atoms with Gasteiger partial charge in [0.15, 0.2) is 0 Å². The molecule has 0 unspecified atom stereocenters. The Morgan fingerprint density at radius 1 is 0.291 bits per heavy atom. The first-order valence-electron chi connectivity index (χ1n) is 29.7. The Hall–Kier alpha value is -10.6. The Balaban J connectivity index is 0.619. The van der Waals surface area contributed by atoms with Crippen molar-refractivity contribution in [2.75, 3.05) is 0 Å². The molecule has 0 saturated heterocycles. The molecule has 16 rings (SSSR count). The molecule has 0 saturated carbocycles. The predicted octanol–water partition coefficient (Wildman–Crippen LogP) is 20.3. The first-order valence-corrected chi connectivity index (χ1v) is 29.7. The molecule has 2 aliphatic heterocycles. The first-order chi connectivity index (χ1) is 41.9. The van der Waals surface area contributed by atoms with Crippen molar-refractivity contribution in [3.05, 3.63) is 278 Å². The Bertz CT molecular complexity index is 5010. The van der Waals surface area contributed by atoms with Crippen LogP contribution in [0.25, 0.3) is 145 Å². The monoisotopic (exact) mass is 1100 g/mol. The van der Waals surface area contributed by atoms with Crippen LogP contribution in [0.3, 0.4) is 0 Å². The maximum atomic E-state index is 5.07. The van der Waals surface area contributed by atoms with Crippen molar-refractivity contribution < 1.29 is 0 Å². The summed E-state index contributed by atoms with van der Waals surface area (Å²) in [5.74, 6) is 0. The smallest absolute Gasteiger partial charge is 0.0702 e. The summed E-state index contributed by atoms with van der Waals surface area (Å²) in [7, 11) is 0. The minimum Gasteiger partial charge on any atom is -0.330 e. The zero-order valence-corrected chi connectivity index (χ0v) is 48.9. The zero-order chi connectivity index (χ0) is 58.0. The number of benzene rings is 8. The van der Waals surface area contributed by atoms with Crippen molar-refractivity contribution in [2.45, 2.75) is 52.6 Å². The second kappa shape index (κ2) is 19.5. The van der Waals surface area contributed by atoms with Crippen LogP contribution in [0.5, 0.6) is 0 Å². The van der Waals surface area contributed by atoms with Crippen molar-refractivity contribution in [3.63, 3.8) is 0 Å². The maximum absolute atomic E-state index is 5.07. The molecule has 86 heavy (non-hydrogen) atoms. The number of hydrogen-bond donors (Lipinski definition) is 0. The van der Waals surface area contributed by atoms with E-state index < -0.39 is 0 Å². The molecule has 2 aliphatic rings. The number of aromatic nitrogens is 6. The van der Waals surface area contributed by atoms with Gasteiger partial charge in [0.2, 0.25) is 0 Å². The molecule has 0 radical (unpaired) electrons. The summed E-state index contributed by atoms with van der Waals surface area (Å²) in [5.41, 5.74) is 32.6. The Morgan fingerprint density at radius 2 is 0.674 bits per heavy atom. The van der Waals surface area contributed by atoms with Gasteiger partial charge in [-0.05, 0) is 186 Å². The molecule has 0 aliphatic carbocycles. The number of rotatable bonds is 9. The molecule has 6 nitrogen and oxygen atoms in total. The van der Waals surface area contributed by atoms with Gasteiger partial charge in [-0.2, -0.15) is 0 Å². The lowest BCUT2D eigenvalue weighted by Gasteiger charge is -2.25. The van der Waals surface area contributed by atoms with Crippen LogP contribution < -0.4 is 0 Å². The van der Waals surface area contributed by atoms with Crippen molar-refractivity contribution >= 4 is 21.8 Å². The number of pyridine rings is 4. The molecule has 410 valence electrons. The van der Waals surface area contributed by atoms with Gasteiger partial charge >= 0.3 is 0 Å². The molecule has 14 aromatic rings. The average Bonchev–Trinajstić information content (AvgIpc) is 1.63. The van der Waals surface area contributed by atoms with E-state index in [0.29, 0.717) is 0 Å². The average molecular weight is 1110 g/mol. The number of hydrogen-bond acceptors (Lipinski definition) is 4. The highest BCUT2D eigenvalue weighted by Gasteiger charge is 2.40. The molecule has 0 atom stereocenters. The lowest BCUT2D eigenvalue weighted by Crippen LogP contribution is -2.23.